The molecule has 0 aromatic carbocycles. The third-order valence-electron chi connectivity index (χ3n) is 5.78. The van der Waals surface area contributed by atoms with Crippen molar-refractivity contribution in [3.8, 4) is 0 Å². The molecule has 150 valence electrons. The van der Waals surface area contributed by atoms with Gasteiger partial charge in [0.15, 0.2) is 5.76 Å². The predicted molar refractivity (Wildman–Crippen MR) is 103 cm³/mol. The summed E-state index contributed by atoms with van der Waals surface area (Å²) >= 11 is 0. The maximum absolute atomic E-state index is 12.9. The van der Waals surface area contributed by atoms with Crippen LogP contribution in [0.3, 0.4) is 0 Å². The highest BCUT2D eigenvalue weighted by molar-refractivity contribution is 5.91. The van der Waals surface area contributed by atoms with Gasteiger partial charge in [-0.15, -0.1) is 0 Å². The number of nitrogens with one attached hydrogen (secondary N) is 1. The molecule has 0 unspecified atom stereocenters. The Balaban J connectivity index is 1.39. The molecule has 2 aliphatic heterocycles. The first-order valence-electron chi connectivity index (χ1n) is 9.95. The van der Waals surface area contributed by atoms with Crippen LogP contribution in [-0.2, 0) is 11.3 Å². The van der Waals surface area contributed by atoms with E-state index in [9.17, 15) is 9.59 Å². The van der Waals surface area contributed by atoms with E-state index in [1.807, 2.05) is 35.2 Å². The van der Waals surface area contributed by atoms with E-state index in [4.69, 9.17) is 4.42 Å². The summed E-state index contributed by atoms with van der Waals surface area (Å²) in [7, 11) is 1.90. The Hall–Kier alpha value is -2.61. The number of amides is 2. The lowest BCUT2D eigenvalue weighted by Crippen LogP contribution is -2.57. The van der Waals surface area contributed by atoms with Crippen LogP contribution in [0.25, 0.3) is 0 Å². The van der Waals surface area contributed by atoms with Crippen LogP contribution in [0.2, 0.25) is 0 Å². The van der Waals surface area contributed by atoms with Gasteiger partial charge in [0, 0.05) is 51.0 Å². The lowest BCUT2D eigenvalue weighted by molar-refractivity contribution is -0.140. The molecule has 28 heavy (non-hydrogen) atoms. The van der Waals surface area contributed by atoms with Crippen molar-refractivity contribution in [3.05, 3.63) is 42.1 Å². The van der Waals surface area contributed by atoms with E-state index < -0.39 is 0 Å². The zero-order valence-corrected chi connectivity index (χ0v) is 16.2. The van der Waals surface area contributed by atoms with E-state index >= 15 is 0 Å². The van der Waals surface area contributed by atoms with Gasteiger partial charge in [0.05, 0.1) is 6.54 Å². The lowest BCUT2D eigenvalue weighted by atomic mass is 9.83. The minimum atomic E-state index is -0.0659. The normalized spacial score (nSPS) is 22.4. The number of carbonyl (C=O) groups is 2. The number of carbonyl (C=O) groups excluding carboxylic acids is 2. The minimum absolute atomic E-state index is 0.0659. The van der Waals surface area contributed by atoms with Gasteiger partial charge in [-0.1, -0.05) is 0 Å². The molecule has 4 heterocycles. The molecule has 4 rings (SSSR count). The van der Waals surface area contributed by atoms with Crippen LogP contribution in [-0.4, -0.2) is 70.7 Å². The van der Waals surface area contributed by atoms with E-state index in [-0.39, 0.29) is 17.9 Å². The molecule has 2 atom stereocenters. The van der Waals surface area contributed by atoms with Crippen LogP contribution in [0, 0.1) is 5.92 Å². The minimum Gasteiger partial charge on any atom is -0.454 e. The number of aromatic nitrogens is 2. The van der Waals surface area contributed by atoms with E-state index in [1.54, 1.807) is 16.9 Å². The van der Waals surface area contributed by atoms with Crippen molar-refractivity contribution < 1.29 is 14.0 Å². The van der Waals surface area contributed by atoms with Gasteiger partial charge in [-0.2, -0.15) is 5.10 Å². The van der Waals surface area contributed by atoms with Crippen molar-refractivity contribution in [1.82, 2.24) is 24.9 Å². The largest absolute Gasteiger partial charge is 0.454 e. The SMILES string of the molecule is CNCCN1C(=O)CC[C@H]2CN(C(=O)c3ccc(Cn4cccn4)o3)CC[C@H]21. The molecule has 2 saturated heterocycles. The molecule has 2 aromatic rings. The number of hydrogen-bond donors (Lipinski definition) is 1. The van der Waals surface area contributed by atoms with Gasteiger partial charge in [-0.25, -0.2) is 0 Å². The second-order valence-corrected chi connectivity index (χ2v) is 7.57. The maximum Gasteiger partial charge on any atom is 0.289 e. The van der Waals surface area contributed by atoms with Crippen molar-refractivity contribution in [3.63, 3.8) is 0 Å². The van der Waals surface area contributed by atoms with Crippen LogP contribution < -0.4 is 5.32 Å². The molecule has 8 nitrogen and oxygen atoms in total. The molecule has 0 radical (unpaired) electrons. The predicted octanol–water partition coefficient (Wildman–Crippen LogP) is 1.20. The number of likely N-dealkylation sites (tertiary alicyclic amines) is 2. The molecule has 0 spiro atoms. The quantitative estimate of drug-likeness (QED) is 0.808. The highest BCUT2D eigenvalue weighted by atomic mass is 16.4. The van der Waals surface area contributed by atoms with Crippen molar-refractivity contribution >= 4 is 11.8 Å². The molecule has 0 saturated carbocycles. The number of likely N-dealkylation sites (N-methyl/N-ethyl adjacent to an activating group) is 1. The van der Waals surface area contributed by atoms with Crippen molar-refractivity contribution in [2.75, 3.05) is 33.2 Å². The van der Waals surface area contributed by atoms with Gasteiger partial charge in [0.2, 0.25) is 5.91 Å². The average molecular weight is 385 g/mol. The Morgan fingerprint density at radius 1 is 1.36 bits per heavy atom. The fourth-order valence-corrected chi connectivity index (χ4v) is 4.35. The number of hydrogen-bond acceptors (Lipinski definition) is 5. The van der Waals surface area contributed by atoms with Crippen molar-refractivity contribution in [1.29, 1.82) is 0 Å². The molecule has 8 heteroatoms. The monoisotopic (exact) mass is 385 g/mol. The highest BCUT2D eigenvalue weighted by Gasteiger charge is 2.40. The molecule has 2 fully saturated rings. The first kappa shape index (κ1) is 18.7. The summed E-state index contributed by atoms with van der Waals surface area (Å²) in [5.74, 6) is 1.60. The summed E-state index contributed by atoms with van der Waals surface area (Å²) in [4.78, 5) is 29.1. The summed E-state index contributed by atoms with van der Waals surface area (Å²) < 4.78 is 7.54. The van der Waals surface area contributed by atoms with E-state index in [1.165, 1.54) is 0 Å². The van der Waals surface area contributed by atoms with Gasteiger partial charge in [0.25, 0.3) is 5.91 Å². The Bertz CT molecular complexity index is 816. The van der Waals surface area contributed by atoms with Crippen LogP contribution >= 0.6 is 0 Å². The molecule has 2 aromatic heterocycles. The van der Waals surface area contributed by atoms with Crippen LogP contribution in [0.4, 0.5) is 0 Å². The second-order valence-electron chi connectivity index (χ2n) is 7.57. The third kappa shape index (κ3) is 3.82. The van der Waals surface area contributed by atoms with Crippen LogP contribution in [0.1, 0.15) is 35.6 Å². The smallest absolute Gasteiger partial charge is 0.289 e. The van der Waals surface area contributed by atoms with E-state index in [0.717, 1.165) is 25.9 Å². The fraction of sp³-hybridized carbons (Fsp3) is 0.550. The van der Waals surface area contributed by atoms with Gasteiger partial charge in [-0.3, -0.25) is 14.3 Å². The topological polar surface area (TPSA) is 83.6 Å². The molecule has 2 amide bonds. The van der Waals surface area contributed by atoms with E-state index in [2.05, 4.69) is 10.4 Å². The molecule has 2 aliphatic rings. The number of furan rings is 1. The Morgan fingerprint density at radius 2 is 2.25 bits per heavy atom. The molecular weight excluding hydrogens is 358 g/mol. The summed E-state index contributed by atoms with van der Waals surface area (Å²) in [6.45, 7) is 3.37. The average Bonchev–Trinajstić information content (AvgIpc) is 3.39. The highest BCUT2D eigenvalue weighted by Crippen LogP contribution is 2.31. The Labute approximate surface area is 164 Å². The summed E-state index contributed by atoms with van der Waals surface area (Å²) in [5, 5.41) is 7.28. The van der Waals surface area contributed by atoms with Gasteiger partial charge < -0.3 is 19.5 Å². The summed E-state index contributed by atoms with van der Waals surface area (Å²) in [5.41, 5.74) is 0. The van der Waals surface area contributed by atoms with Gasteiger partial charge in [-0.05, 0) is 44.0 Å². The molecule has 0 aliphatic carbocycles. The summed E-state index contributed by atoms with van der Waals surface area (Å²) in [6.07, 6.45) is 5.83. The zero-order chi connectivity index (χ0) is 19.5. The van der Waals surface area contributed by atoms with Crippen LogP contribution in [0.5, 0.6) is 0 Å². The number of fused-ring (bicyclic) bond motifs is 1. The first-order chi connectivity index (χ1) is 13.7. The lowest BCUT2D eigenvalue weighted by Gasteiger charge is -2.47. The van der Waals surface area contributed by atoms with Gasteiger partial charge >= 0.3 is 0 Å². The number of nitrogens with zero attached hydrogens (tertiary/aromatic N) is 4. The Kier molecular flexibility index (Phi) is 5.47. The molecule has 0 bridgehead atoms. The van der Waals surface area contributed by atoms with Crippen molar-refractivity contribution in [2.24, 2.45) is 5.92 Å². The Morgan fingerprint density at radius 3 is 3.04 bits per heavy atom. The standard InChI is InChI=1S/C20H27N5O3/c1-21-9-12-25-17-7-11-23(13-15(17)3-6-19(25)26)20(27)18-5-4-16(28-18)14-24-10-2-8-22-24/h2,4-5,8,10,15,17,21H,3,6-7,9,11-14H2,1H3/t15-,17+/m0/s1. The maximum atomic E-state index is 12.9. The van der Waals surface area contributed by atoms with Gasteiger partial charge in [0.1, 0.15) is 5.76 Å². The zero-order valence-electron chi connectivity index (χ0n) is 16.2. The molecular formula is C20H27N5O3. The second kappa shape index (κ2) is 8.18. The van der Waals surface area contributed by atoms with Crippen LogP contribution in [0.15, 0.2) is 35.0 Å². The van der Waals surface area contributed by atoms with Crippen molar-refractivity contribution in [2.45, 2.75) is 31.8 Å². The third-order valence-corrected chi connectivity index (χ3v) is 5.78. The number of rotatable bonds is 6. The number of piperidine rings is 2. The fourth-order valence-electron chi connectivity index (χ4n) is 4.35. The summed E-state index contributed by atoms with van der Waals surface area (Å²) in [6, 6.07) is 5.68. The first-order valence-corrected chi connectivity index (χ1v) is 9.95. The van der Waals surface area contributed by atoms with E-state index in [0.29, 0.717) is 43.5 Å². The molecule has 1 N–H and O–H groups in total.